The van der Waals surface area contributed by atoms with Crippen molar-refractivity contribution in [3.05, 3.63) is 85.3 Å². The van der Waals surface area contributed by atoms with Gasteiger partial charge < -0.3 is 0 Å². The molecule has 0 amide bonds. The molecule has 114 valence electrons. The van der Waals surface area contributed by atoms with Gasteiger partial charge in [0.2, 0.25) is 4.74 Å². The molecular weight excluding hydrogens is 351 g/mol. The summed E-state index contributed by atoms with van der Waals surface area (Å²) in [4.78, 5) is 24.4. The van der Waals surface area contributed by atoms with Crippen molar-refractivity contribution < 1.29 is 4.79 Å². The average molecular weight is 361 g/mol. The number of halogens is 2. The predicted octanol–water partition coefficient (Wildman–Crippen LogP) is 5.46. The summed E-state index contributed by atoms with van der Waals surface area (Å²) >= 11 is 12.8. The lowest BCUT2D eigenvalue weighted by molar-refractivity contribution is 0.104. The minimum Gasteiger partial charge on any atom is -0.289 e. The molecule has 1 aromatic heterocycles. The SMILES string of the molecule is O=C(/C=C/c1ccc(Cl)cc1)c1cc2cc(Cl)ccc2sc1=O. The number of ketones is 1. The molecule has 3 rings (SSSR count). The van der Waals surface area contributed by atoms with Crippen LogP contribution in [-0.2, 0) is 0 Å². The van der Waals surface area contributed by atoms with Gasteiger partial charge in [0.05, 0.1) is 5.56 Å². The first-order valence-corrected chi connectivity index (χ1v) is 8.31. The summed E-state index contributed by atoms with van der Waals surface area (Å²) in [5.41, 5.74) is 0.984. The quantitative estimate of drug-likeness (QED) is 0.458. The van der Waals surface area contributed by atoms with Crippen molar-refractivity contribution in [1.82, 2.24) is 0 Å². The Balaban J connectivity index is 1.95. The molecule has 5 heteroatoms. The number of rotatable bonds is 3. The van der Waals surface area contributed by atoms with E-state index in [9.17, 15) is 9.59 Å². The standard InChI is InChI=1S/C18H10Cl2O2S/c19-13-4-1-11(2-5-13)3-7-16(21)15-10-12-9-14(20)6-8-17(12)23-18(15)22/h1-10H/b7-3+. The summed E-state index contributed by atoms with van der Waals surface area (Å²) in [5.74, 6) is -0.330. The van der Waals surface area contributed by atoms with Gasteiger partial charge in [-0.2, -0.15) is 0 Å². The summed E-state index contributed by atoms with van der Waals surface area (Å²) in [6.45, 7) is 0. The molecule has 0 aliphatic heterocycles. The van der Waals surface area contributed by atoms with Crippen molar-refractivity contribution in [2.24, 2.45) is 0 Å². The Labute approximate surface area is 146 Å². The summed E-state index contributed by atoms with van der Waals surface area (Å²) in [5, 5.41) is 1.98. The molecule has 3 aromatic rings. The van der Waals surface area contributed by atoms with E-state index < -0.39 is 0 Å². The number of carbonyl (C=O) groups is 1. The molecule has 0 fully saturated rings. The molecule has 0 atom stereocenters. The third-order valence-corrected chi connectivity index (χ3v) is 4.74. The fourth-order valence-electron chi connectivity index (χ4n) is 2.10. The minimum atomic E-state index is -0.330. The van der Waals surface area contributed by atoms with Crippen molar-refractivity contribution in [3.63, 3.8) is 0 Å². The largest absolute Gasteiger partial charge is 0.289 e. The Morgan fingerprint density at radius 2 is 1.65 bits per heavy atom. The molecule has 0 saturated heterocycles. The van der Waals surface area contributed by atoms with Crippen LogP contribution in [0.1, 0.15) is 15.9 Å². The van der Waals surface area contributed by atoms with Crippen molar-refractivity contribution in [3.8, 4) is 0 Å². The average Bonchev–Trinajstić information content (AvgIpc) is 2.54. The van der Waals surface area contributed by atoms with Crippen LogP contribution >= 0.6 is 34.5 Å². The Morgan fingerprint density at radius 3 is 2.39 bits per heavy atom. The van der Waals surface area contributed by atoms with E-state index in [4.69, 9.17) is 23.2 Å². The van der Waals surface area contributed by atoms with E-state index in [1.807, 2.05) is 0 Å². The van der Waals surface area contributed by atoms with Crippen molar-refractivity contribution in [2.75, 3.05) is 0 Å². The third-order valence-electron chi connectivity index (χ3n) is 3.26. The molecule has 0 bridgehead atoms. The second-order valence-corrected chi connectivity index (χ2v) is 6.77. The number of hydrogen-bond donors (Lipinski definition) is 0. The zero-order valence-corrected chi connectivity index (χ0v) is 14.1. The molecule has 2 aromatic carbocycles. The smallest absolute Gasteiger partial charge is 0.244 e. The maximum absolute atomic E-state index is 12.3. The molecule has 0 radical (unpaired) electrons. The van der Waals surface area contributed by atoms with E-state index in [1.54, 1.807) is 54.6 Å². The molecule has 0 aliphatic carbocycles. The van der Waals surface area contributed by atoms with Gasteiger partial charge in [0, 0.05) is 14.7 Å². The van der Waals surface area contributed by atoms with E-state index >= 15 is 0 Å². The lowest BCUT2D eigenvalue weighted by atomic mass is 10.1. The van der Waals surface area contributed by atoms with Gasteiger partial charge >= 0.3 is 0 Å². The van der Waals surface area contributed by atoms with Crippen LogP contribution in [0.3, 0.4) is 0 Å². The van der Waals surface area contributed by atoms with Crippen LogP contribution < -0.4 is 4.74 Å². The second kappa shape index (κ2) is 6.67. The zero-order chi connectivity index (χ0) is 16.4. The van der Waals surface area contributed by atoms with Crippen LogP contribution in [0.15, 0.2) is 59.4 Å². The molecule has 23 heavy (non-hydrogen) atoms. The van der Waals surface area contributed by atoms with Crippen molar-refractivity contribution in [2.45, 2.75) is 0 Å². The molecule has 0 N–H and O–H groups in total. The van der Waals surface area contributed by atoms with Gasteiger partial charge in [-0.05, 0) is 53.4 Å². The van der Waals surface area contributed by atoms with Gasteiger partial charge in [0.15, 0.2) is 5.78 Å². The van der Waals surface area contributed by atoms with E-state index in [-0.39, 0.29) is 16.1 Å². The molecule has 0 unspecified atom stereocenters. The highest BCUT2D eigenvalue weighted by molar-refractivity contribution is 7.16. The maximum atomic E-state index is 12.3. The van der Waals surface area contributed by atoms with E-state index in [0.29, 0.717) is 10.0 Å². The number of hydrogen-bond acceptors (Lipinski definition) is 3. The topological polar surface area (TPSA) is 34.1 Å². The lowest BCUT2D eigenvalue weighted by Gasteiger charge is -2.00. The lowest BCUT2D eigenvalue weighted by Crippen LogP contribution is -2.09. The van der Waals surface area contributed by atoms with Crippen LogP contribution in [0.5, 0.6) is 0 Å². The van der Waals surface area contributed by atoms with E-state index in [1.165, 1.54) is 6.08 Å². The first kappa shape index (κ1) is 15.9. The van der Waals surface area contributed by atoms with Gasteiger partial charge in [0.1, 0.15) is 0 Å². The molecule has 0 saturated carbocycles. The Hall–Kier alpha value is -1.94. The monoisotopic (exact) mass is 360 g/mol. The Kier molecular flexibility index (Phi) is 4.62. The first-order chi connectivity index (χ1) is 11.0. The van der Waals surface area contributed by atoms with Gasteiger partial charge in [-0.25, -0.2) is 0 Å². The van der Waals surface area contributed by atoms with Crippen LogP contribution in [0.2, 0.25) is 10.0 Å². The number of allylic oxidation sites excluding steroid dienone is 1. The normalized spacial score (nSPS) is 11.2. The first-order valence-electron chi connectivity index (χ1n) is 6.74. The Morgan fingerprint density at radius 1 is 0.957 bits per heavy atom. The molecule has 0 spiro atoms. The van der Waals surface area contributed by atoms with Crippen molar-refractivity contribution >= 4 is 56.5 Å². The molecular formula is C18H10Cl2O2S. The van der Waals surface area contributed by atoms with Crippen LogP contribution in [0.25, 0.3) is 16.2 Å². The summed E-state index contributed by atoms with van der Waals surface area (Å²) in [6, 6.07) is 13.9. The van der Waals surface area contributed by atoms with Crippen molar-refractivity contribution in [1.29, 1.82) is 0 Å². The fraction of sp³-hybridized carbons (Fsp3) is 0. The summed E-state index contributed by atoms with van der Waals surface area (Å²) < 4.78 is 0.545. The van der Waals surface area contributed by atoms with Crippen LogP contribution in [0.4, 0.5) is 0 Å². The number of carbonyl (C=O) groups excluding carboxylic acids is 1. The van der Waals surface area contributed by atoms with Gasteiger partial charge in [-0.3, -0.25) is 9.59 Å². The van der Waals surface area contributed by atoms with Crippen LogP contribution in [0, 0.1) is 0 Å². The third kappa shape index (κ3) is 3.70. The van der Waals surface area contributed by atoms with Gasteiger partial charge in [0.25, 0.3) is 0 Å². The highest BCUT2D eigenvalue weighted by Crippen LogP contribution is 2.22. The van der Waals surface area contributed by atoms with Gasteiger partial charge in [-0.1, -0.05) is 52.7 Å². The predicted molar refractivity (Wildman–Crippen MR) is 97.9 cm³/mol. The fourth-order valence-corrected chi connectivity index (χ4v) is 3.25. The van der Waals surface area contributed by atoms with E-state index in [0.717, 1.165) is 27.0 Å². The molecule has 2 nitrogen and oxygen atoms in total. The second-order valence-electron chi connectivity index (χ2n) is 4.88. The Bertz CT molecular complexity index is 972. The van der Waals surface area contributed by atoms with Crippen LogP contribution in [-0.4, -0.2) is 5.78 Å². The molecule has 1 heterocycles. The number of fused-ring (bicyclic) bond motifs is 1. The highest BCUT2D eigenvalue weighted by Gasteiger charge is 2.10. The number of benzene rings is 2. The van der Waals surface area contributed by atoms with Gasteiger partial charge in [-0.15, -0.1) is 0 Å². The summed E-state index contributed by atoms with van der Waals surface area (Å²) in [6.07, 6.45) is 3.05. The molecule has 0 aliphatic rings. The maximum Gasteiger partial charge on any atom is 0.244 e. The summed E-state index contributed by atoms with van der Waals surface area (Å²) in [7, 11) is 0. The van der Waals surface area contributed by atoms with E-state index in [2.05, 4.69) is 0 Å². The zero-order valence-electron chi connectivity index (χ0n) is 11.8. The minimum absolute atomic E-state index is 0.148. The highest BCUT2D eigenvalue weighted by atomic mass is 35.5.